The Hall–Kier alpha value is -2.26. The summed E-state index contributed by atoms with van der Waals surface area (Å²) in [6.45, 7) is 5.82. The van der Waals surface area contributed by atoms with Crippen molar-refractivity contribution in [2.45, 2.75) is 32.0 Å². The predicted molar refractivity (Wildman–Crippen MR) is 138 cm³/mol. The first-order chi connectivity index (χ1) is 16.1. The van der Waals surface area contributed by atoms with E-state index in [2.05, 4.69) is 20.8 Å². The smallest absolute Gasteiger partial charge is 0.253 e. The zero-order valence-electron chi connectivity index (χ0n) is 19.0. The second-order valence-electron chi connectivity index (χ2n) is 8.02. The van der Waals surface area contributed by atoms with E-state index in [1.165, 1.54) is 17.8 Å². The van der Waals surface area contributed by atoms with Crippen molar-refractivity contribution < 1.29 is 9.59 Å². The molecule has 2 amide bonds. The maximum Gasteiger partial charge on any atom is 0.253 e. The molecule has 0 bridgehead atoms. The van der Waals surface area contributed by atoms with Crippen LogP contribution in [0.4, 0.5) is 5.69 Å². The average molecular weight is 541 g/mol. The minimum absolute atomic E-state index is 0.0203. The Bertz CT molecular complexity index is 1220. The molecule has 0 saturated carbocycles. The summed E-state index contributed by atoms with van der Waals surface area (Å²) in [5, 5.41) is 16.2. The Morgan fingerprint density at radius 3 is 2.38 bits per heavy atom. The van der Waals surface area contributed by atoms with Crippen LogP contribution in [0.25, 0.3) is 0 Å². The van der Waals surface area contributed by atoms with E-state index in [1.807, 2.05) is 20.8 Å². The lowest BCUT2D eigenvalue weighted by Crippen LogP contribution is -2.33. The normalized spacial score (nSPS) is 12.0. The van der Waals surface area contributed by atoms with Crippen LogP contribution < -0.4 is 10.6 Å². The van der Waals surface area contributed by atoms with Gasteiger partial charge in [-0.3, -0.25) is 9.59 Å². The van der Waals surface area contributed by atoms with Crippen molar-refractivity contribution in [3.05, 3.63) is 68.4 Å². The molecule has 0 fully saturated rings. The first-order valence-electron chi connectivity index (χ1n) is 10.4. The number of nitrogens with one attached hydrogen (secondary N) is 2. The van der Waals surface area contributed by atoms with Crippen LogP contribution in [0.2, 0.25) is 15.1 Å². The topological polar surface area (TPSA) is 88.9 Å². The molecule has 3 aromatic rings. The van der Waals surface area contributed by atoms with Crippen LogP contribution in [0, 0.1) is 12.8 Å². The van der Waals surface area contributed by atoms with Crippen molar-refractivity contribution in [3.8, 4) is 0 Å². The SMILES string of the molecule is Cc1cc(Cl)ccc1NC(=O)CSc1nnc([C@H](NC(=O)c2ccc(Cl)cc2Cl)C(C)C)n1C. The molecule has 11 heteroatoms. The first-order valence-corrected chi connectivity index (χ1v) is 12.5. The molecule has 7 nitrogen and oxygen atoms in total. The number of nitrogens with zero attached hydrogens (tertiary/aromatic N) is 3. The molecular weight excluding hydrogens is 517 g/mol. The number of amides is 2. The number of rotatable bonds is 8. The molecule has 3 rings (SSSR count). The third-order valence-electron chi connectivity index (χ3n) is 5.07. The molecule has 2 N–H and O–H groups in total. The fraction of sp³-hybridized carbons (Fsp3) is 0.304. The highest BCUT2D eigenvalue weighted by Gasteiger charge is 2.26. The van der Waals surface area contributed by atoms with Gasteiger partial charge in [-0.15, -0.1) is 10.2 Å². The molecule has 34 heavy (non-hydrogen) atoms. The molecule has 1 atom stereocenters. The lowest BCUT2D eigenvalue weighted by atomic mass is 10.0. The lowest BCUT2D eigenvalue weighted by Gasteiger charge is -2.22. The highest BCUT2D eigenvalue weighted by molar-refractivity contribution is 7.99. The molecule has 0 radical (unpaired) electrons. The summed E-state index contributed by atoms with van der Waals surface area (Å²) < 4.78 is 1.78. The molecule has 0 saturated heterocycles. The van der Waals surface area contributed by atoms with Gasteiger partial charge in [-0.2, -0.15) is 0 Å². The molecule has 1 heterocycles. The van der Waals surface area contributed by atoms with E-state index in [4.69, 9.17) is 34.8 Å². The van der Waals surface area contributed by atoms with Gasteiger partial charge in [0.25, 0.3) is 5.91 Å². The van der Waals surface area contributed by atoms with Gasteiger partial charge in [0.1, 0.15) is 0 Å². The molecule has 180 valence electrons. The van der Waals surface area contributed by atoms with Gasteiger partial charge in [0, 0.05) is 22.8 Å². The van der Waals surface area contributed by atoms with Crippen LogP contribution in [-0.2, 0) is 11.8 Å². The number of halogens is 3. The van der Waals surface area contributed by atoms with Gasteiger partial charge in [-0.25, -0.2) is 0 Å². The second-order valence-corrected chi connectivity index (χ2v) is 10.2. The third kappa shape index (κ3) is 6.44. The fourth-order valence-corrected chi connectivity index (χ4v) is 4.67. The standard InChI is InChI=1S/C23H24Cl3N5O2S/c1-12(2)20(28-22(33)16-7-5-15(25)10-17(16)26)21-29-30-23(31(21)4)34-11-19(32)27-18-8-6-14(24)9-13(18)3/h5-10,12,20H,11H2,1-4H3,(H,27,32)(H,28,33)/t20-/m1/s1. The first kappa shape index (κ1) is 26.3. The number of anilines is 1. The zero-order chi connectivity index (χ0) is 25.0. The summed E-state index contributed by atoms with van der Waals surface area (Å²) >= 11 is 19.3. The van der Waals surface area contributed by atoms with Gasteiger partial charge in [0.15, 0.2) is 11.0 Å². The molecule has 2 aromatic carbocycles. The largest absolute Gasteiger partial charge is 0.342 e. The molecule has 1 aromatic heterocycles. The van der Waals surface area contributed by atoms with Crippen LogP contribution in [0.5, 0.6) is 0 Å². The summed E-state index contributed by atoms with van der Waals surface area (Å²) in [4.78, 5) is 25.3. The Labute approximate surface area is 217 Å². The van der Waals surface area contributed by atoms with Crippen molar-refractivity contribution in [3.63, 3.8) is 0 Å². The number of carbonyl (C=O) groups excluding carboxylic acids is 2. The van der Waals surface area contributed by atoms with Crippen LogP contribution in [-0.4, -0.2) is 32.3 Å². The van der Waals surface area contributed by atoms with Gasteiger partial charge >= 0.3 is 0 Å². The van der Waals surface area contributed by atoms with Crippen LogP contribution >= 0.6 is 46.6 Å². The van der Waals surface area contributed by atoms with Crippen LogP contribution in [0.1, 0.15) is 41.6 Å². The predicted octanol–water partition coefficient (Wildman–Crippen LogP) is 5.94. The van der Waals surface area contributed by atoms with E-state index in [1.54, 1.807) is 41.9 Å². The third-order valence-corrected chi connectivity index (χ3v) is 6.87. The zero-order valence-corrected chi connectivity index (χ0v) is 22.1. The number of aromatic nitrogens is 3. The van der Waals surface area contributed by atoms with Crippen molar-refractivity contribution >= 4 is 64.1 Å². The quantitative estimate of drug-likeness (QED) is 0.345. The maximum atomic E-state index is 12.9. The Balaban J connectivity index is 1.69. The number of aryl methyl sites for hydroxylation is 1. The van der Waals surface area contributed by atoms with Crippen LogP contribution in [0.15, 0.2) is 41.6 Å². The van der Waals surface area contributed by atoms with E-state index in [9.17, 15) is 9.59 Å². The van der Waals surface area contributed by atoms with E-state index in [0.29, 0.717) is 32.3 Å². The number of carbonyl (C=O) groups is 2. The Morgan fingerprint density at radius 1 is 1.06 bits per heavy atom. The molecule has 0 aliphatic rings. The van der Waals surface area contributed by atoms with Crippen molar-refractivity contribution in [2.24, 2.45) is 13.0 Å². The van der Waals surface area contributed by atoms with E-state index in [0.717, 1.165) is 5.56 Å². The lowest BCUT2D eigenvalue weighted by molar-refractivity contribution is -0.113. The van der Waals surface area contributed by atoms with Crippen molar-refractivity contribution in [2.75, 3.05) is 11.1 Å². The van der Waals surface area contributed by atoms with Gasteiger partial charge < -0.3 is 15.2 Å². The minimum Gasteiger partial charge on any atom is -0.342 e. The number of benzene rings is 2. The Morgan fingerprint density at radius 2 is 1.74 bits per heavy atom. The molecular formula is C23H24Cl3N5O2S. The van der Waals surface area contributed by atoms with Gasteiger partial charge in [-0.05, 0) is 54.8 Å². The molecule has 0 aliphatic carbocycles. The summed E-state index contributed by atoms with van der Waals surface area (Å²) in [5.74, 6) is 0.228. The van der Waals surface area contributed by atoms with Crippen LogP contribution in [0.3, 0.4) is 0 Å². The van der Waals surface area contributed by atoms with Gasteiger partial charge in [0.05, 0.1) is 22.4 Å². The van der Waals surface area contributed by atoms with E-state index in [-0.39, 0.29) is 28.5 Å². The fourth-order valence-electron chi connectivity index (χ4n) is 3.23. The summed E-state index contributed by atoms with van der Waals surface area (Å²) in [6, 6.07) is 9.58. The number of hydrogen-bond acceptors (Lipinski definition) is 5. The van der Waals surface area contributed by atoms with E-state index < -0.39 is 6.04 Å². The van der Waals surface area contributed by atoms with Crippen molar-refractivity contribution in [1.29, 1.82) is 0 Å². The highest BCUT2D eigenvalue weighted by atomic mass is 35.5. The Kier molecular flexibility index (Phi) is 8.87. The van der Waals surface area contributed by atoms with Crippen molar-refractivity contribution in [1.82, 2.24) is 20.1 Å². The molecule has 0 spiro atoms. The highest BCUT2D eigenvalue weighted by Crippen LogP contribution is 2.27. The summed E-state index contributed by atoms with van der Waals surface area (Å²) in [6.07, 6.45) is 0. The summed E-state index contributed by atoms with van der Waals surface area (Å²) in [7, 11) is 1.80. The second kappa shape index (κ2) is 11.4. The average Bonchev–Trinajstić information content (AvgIpc) is 3.12. The maximum absolute atomic E-state index is 12.9. The molecule has 0 unspecified atom stereocenters. The van der Waals surface area contributed by atoms with Gasteiger partial charge in [-0.1, -0.05) is 60.4 Å². The van der Waals surface area contributed by atoms with Gasteiger partial charge in [0.2, 0.25) is 5.91 Å². The number of thioether (sulfide) groups is 1. The minimum atomic E-state index is -0.420. The molecule has 0 aliphatic heterocycles. The number of hydrogen-bond donors (Lipinski definition) is 2. The summed E-state index contributed by atoms with van der Waals surface area (Å²) in [5.41, 5.74) is 1.91. The van der Waals surface area contributed by atoms with E-state index >= 15 is 0 Å². The monoisotopic (exact) mass is 539 g/mol.